The van der Waals surface area contributed by atoms with Crippen molar-refractivity contribution in [3.8, 4) is 0 Å². The van der Waals surface area contributed by atoms with Crippen molar-refractivity contribution in [1.29, 1.82) is 0 Å². The number of hydrogen-bond acceptors (Lipinski definition) is 3. The van der Waals surface area contributed by atoms with Crippen LogP contribution in [0.1, 0.15) is 21.5 Å². The number of ketones is 1. The van der Waals surface area contributed by atoms with Crippen LogP contribution in [0.3, 0.4) is 0 Å². The third kappa shape index (κ3) is 5.96. The minimum atomic E-state index is -0.0480. The number of allylic oxidation sites excluding steroid dienone is 1. The second kappa shape index (κ2) is 9.72. The summed E-state index contributed by atoms with van der Waals surface area (Å²) in [5.74, 6) is 0.273. The smallest absolute Gasteiger partial charge is 0.234 e. The molecule has 4 heteroatoms. The highest BCUT2D eigenvalue weighted by Gasteiger charge is 2.04. The molecule has 3 aromatic carbocycles. The molecule has 0 heterocycles. The molecule has 0 saturated carbocycles. The van der Waals surface area contributed by atoms with Gasteiger partial charge in [-0.3, -0.25) is 9.59 Å². The number of aryl methyl sites for hydroxylation is 1. The lowest BCUT2D eigenvalue weighted by Crippen LogP contribution is -2.13. The van der Waals surface area contributed by atoms with E-state index in [1.165, 1.54) is 17.3 Å². The molecule has 0 spiro atoms. The van der Waals surface area contributed by atoms with Crippen molar-refractivity contribution in [3.63, 3.8) is 0 Å². The molecule has 0 unspecified atom stereocenters. The summed E-state index contributed by atoms with van der Waals surface area (Å²) in [5, 5.41) is 2.89. The Kier molecular flexibility index (Phi) is 6.82. The number of carbonyl (C=O) groups excluding carboxylic acids is 2. The van der Waals surface area contributed by atoms with Crippen LogP contribution in [0.5, 0.6) is 0 Å². The average Bonchev–Trinajstić information content (AvgIpc) is 2.73. The number of amides is 1. The predicted molar refractivity (Wildman–Crippen MR) is 117 cm³/mol. The average molecular weight is 388 g/mol. The van der Waals surface area contributed by atoms with Crippen molar-refractivity contribution in [1.82, 2.24) is 0 Å². The number of hydrogen-bond donors (Lipinski definition) is 1. The molecule has 140 valence electrons. The lowest BCUT2D eigenvalue weighted by molar-refractivity contribution is -0.113. The second-order valence-corrected chi connectivity index (χ2v) is 7.38. The monoisotopic (exact) mass is 387 g/mol. The molecule has 1 N–H and O–H groups in total. The van der Waals surface area contributed by atoms with Crippen LogP contribution in [0.2, 0.25) is 0 Å². The van der Waals surface area contributed by atoms with Crippen LogP contribution < -0.4 is 5.32 Å². The molecule has 0 aromatic heterocycles. The van der Waals surface area contributed by atoms with Gasteiger partial charge in [0.1, 0.15) is 0 Å². The molecule has 0 atom stereocenters. The van der Waals surface area contributed by atoms with Crippen LogP contribution in [0.4, 0.5) is 5.69 Å². The van der Waals surface area contributed by atoms with Crippen molar-refractivity contribution in [2.45, 2.75) is 11.8 Å². The Labute approximate surface area is 169 Å². The molecule has 28 heavy (non-hydrogen) atoms. The summed E-state index contributed by atoms with van der Waals surface area (Å²) in [6, 6.07) is 24.7. The van der Waals surface area contributed by atoms with Crippen molar-refractivity contribution < 1.29 is 9.59 Å². The zero-order valence-electron chi connectivity index (χ0n) is 15.6. The van der Waals surface area contributed by atoms with Crippen LogP contribution in [0, 0.1) is 6.92 Å². The van der Waals surface area contributed by atoms with Gasteiger partial charge in [0.25, 0.3) is 0 Å². The van der Waals surface area contributed by atoms with Crippen molar-refractivity contribution in [2.24, 2.45) is 0 Å². The SMILES string of the molecule is Cc1ccc(SCC(=O)Nc2ccc(C=CC(=O)c3ccccc3)cc2)cc1. The molecule has 0 bridgehead atoms. The van der Waals surface area contributed by atoms with Crippen LogP contribution in [0.25, 0.3) is 6.08 Å². The first-order chi connectivity index (χ1) is 13.6. The fourth-order valence-electron chi connectivity index (χ4n) is 2.53. The van der Waals surface area contributed by atoms with E-state index in [0.717, 1.165) is 16.1 Å². The maximum Gasteiger partial charge on any atom is 0.234 e. The fraction of sp³-hybridized carbons (Fsp3) is 0.0833. The van der Waals surface area contributed by atoms with Gasteiger partial charge < -0.3 is 5.32 Å². The normalized spacial score (nSPS) is 10.8. The van der Waals surface area contributed by atoms with Crippen molar-refractivity contribution in [2.75, 3.05) is 11.1 Å². The van der Waals surface area contributed by atoms with Gasteiger partial charge in [-0.2, -0.15) is 0 Å². The van der Waals surface area contributed by atoms with Crippen LogP contribution in [-0.4, -0.2) is 17.4 Å². The van der Waals surface area contributed by atoms with E-state index in [1.54, 1.807) is 24.3 Å². The summed E-state index contributed by atoms with van der Waals surface area (Å²) in [6.07, 6.45) is 3.33. The van der Waals surface area contributed by atoms with Crippen LogP contribution in [-0.2, 0) is 4.79 Å². The highest BCUT2D eigenvalue weighted by atomic mass is 32.2. The summed E-state index contributed by atoms with van der Waals surface area (Å²) < 4.78 is 0. The van der Waals surface area contributed by atoms with Gasteiger partial charge in [0.2, 0.25) is 5.91 Å². The second-order valence-electron chi connectivity index (χ2n) is 6.34. The number of carbonyl (C=O) groups is 2. The Morgan fingerprint density at radius 1 is 0.893 bits per heavy atom. The van der Waals surface area contributed by atoms with E-state index < -0.39 is 0 Å². The van der Waals surface area contributed by atoms with E-state index in [2.05, 4.69) is 5.32 Å². The van der Waals surface area contributed by atoms with Gasteiger partial charge in [-0.25, -0.2) is 0 Å². The third-order valence-electron chi connectivity index (χ3n) is 4.07. The molecular formula is C24H21NO2S. The number of rotatable bonds is 7. The standard InChI is InChI=1S/C24H21NO2S/c1-18-7-14-22(15-8-18)28-17-24(27)25-21-12-9-19(10-13-21)11-16-23(26)20-5-3-2-4-6-20/h2-16H,17H2,1H3,(H,25,27). The number of anilines is 1. The molecule has 0 aliphatic carbocycles. The third-order valence-corrected chi connectivity index (χ3v) is 5.08. The number of benzene rings is 3. The molecule has 3 aromatic rings. The zero-order valence-corrected chi connectivity index (χ0v) is 16.4. The van der Waals surface area contributed by atoms with Gasteiger partial charge >= 0.3 is 0 Å². The Hall–Kier alpha value is -3.11. The highest BCUT2D eigenvalue weighted by Crippen LogP contribution is 2.19. The van der Waals surface area contributed by atoms with Gasteiger partial charge in [-0.1, -0.05) is 66.2 Å². The fourth-order valence-corrected chi connectivity index (χ4v) is 3.23. The zero-order chi connectivity index (χ0) is 19.8. The first kappa shape index (κ1) is 19.6. The number of nitrogens with one attached hydrogen (secondary N) is 1. The van der Waals surface area contributed by atoms with E-state index in [4.69, 9.17) is 0 Å². The quantitative estimate of drug-likeness (QED) is 0.325. The maximum atomic E-state index is 12.1. The Bertz CT molecular complexity index is 962. The highest BCUT2D eigenvalue weighted by molar-refractivity contribution is 8.00. The van der Waals surface area contributed by atoms with E-state index >= 15 is 0 Å². The molecule has 0 aliphatic heterocycles. The molecular weight excluding hydrogens is 366 g/mol. The largest absolute Gasteiger partial charge is 0.325 e. The minimum absolute atomic E-state index is 0.0360. The maximum absolute atomic E-state index is 12.1. The summed E-state index contributed by atoms with van der Waals surface area (Å²) in [7, 11) is 0. The summed E-state index contributed by atoms with van der Waals surface area (Å²) >= 11 is 1.51. The Morgan fingerprint density at radius 2 is 1.57 bits per heavy atom. The van der Waals surface area contributed by atoms with Crippen molar-refractivity contribution >= 4 is 35.2 Å². The summed E-state index contributed by atoms with van der Waals surface area (Å²) in [5.41, 5.74) is 3.50. The van der Waals surface area contributed by atoms with Gasteiger partial charge in [0, 0.05) is 16.1 Å². The predicted octanol–water partition coefficient (Wildman–Crippen LogP) is 5.62. The van der Waals surface area contributed by atoms with Crippen LogP contribution in [0.15, 0.2) is 89.8 Å². The lowest BCUT2D eigenvalue weighted by atomic mass is 10.1. The topological polar surface area (TPSA) is 46.2 Å². The van der Waals surface area contributed by atoms with E-state index in [9.17, 15) is 9.59 Å². The summed E-state index contributed by atoms with van der Waals surface area (Å²) in [4.78, 5) is 25.3. The molecule has 3 rings (SSSR count). The Morgan fingerprint density at radius 3 is 2.25 bits per heavy atom. The van der Waals surface area contributed by atoms with Crippen molar-refractivity contribution in [3.05, 3.63) is 102 Å². The molecule has 3 nitrogen and oxygen atoms in total. The van der Waals surface area contributed by atoms with Gasteiger partial charge in [-0.05, 0) is 42.8 Å². The first-order valence-corrected chi connectivity index (χ1v) is 9.95. The lowest BCUT2D eigenvalue weighted by Gasteiger charge is -2.06. The van der Waals surface area contributed by atoms with Gasteiger partial charge in [-0.15, -0.1) is 11.8 Å². The molecule has 1 amide bonds. The number of thioether (sulfide) groups is 1. The molecule has 0 fully saturated rings. The van der Waals surface area contributed by atoms with E-state index in [0.29, 0.717) is 11.3 Å². The Balaban J connectivity index is 1.51. The first-order valence-electron chi connectivity index (χ1n) is 8.97. The van der Waals surface area contributed by atoms with Crippen LogP contribution >= 0.6 is 11.8 Å². The molecule has 0 radical (unpaired) electrons. The molecule has 0 aliphatic rings. The van der Waals surface area contributed by atoms with E-state index in [-0.39, 0.29) is 11.7 Å². The van der Waals surface area contributed by atoms with E-state index in [1.807, 2.05) is 73.7 Å². The minimum Gasteiger partial charge on any atom is -0.325 e. The molecule has 0 saturated heterocycles. The van der Waals surface area contributed by atoms with Gasteiger partial charge in [0.15, 0.2) is 5.78 Å². The summed E-state index contributed by atoms with van der Waals surface area (Å²) in [6.45, 7) is 2.04. The van der Waals surface area contributed by atoms with Gasteiger partial charge in [0.05, 0.1) is 5.75 Å².